The first-order valence-electron chi connectivity index (χ1n) is 30.5. The lowest BCUT2D eigenvalue weighted by atomic mass is 9.82. The summed E-state index contributed by atoms with van der Waals surface area (Å²) in [7, 11) is 3.65. The Morgan fingerprint density at radius 3 is 2.08 bits per heavy atom. The van der Waals surface area contributed by atoms with Gasteiger partial charge in [-0.25, -0.2) is 24.4 Å². The standard InChI is InChI=1S/C59H78N18O19S2/c1-25-40(44(84)39-29(23-96-56(63)94)59(95-6)45-34(68-45)22-77(59)42(39)43(25)83)76-57(2,3)15-17-97-98-24-35(53(92)93)72-49(87)32(18-37(79)80)71-48(86)30(8-7-16-64-54(60)61)69-50(88)33(19-38(81)82)75-58(4,5)36(78)14-13-31(52(90)91)70-47(85)26-9-11-27(12-10-26)65-20-28-21-66-46-41(67-28)51(89)74-55(62)73-46/h9-12,21,29-35,45,65,68,75-76H,7-8,13-20,22-24H2,1-6H3,(H2,63,94)(H,69,88)(H,70,85)(H,71,86)(H,72,87)(H,79,80)(H,81,82)(H,90,91)(H,92,93)(H4,60,61,64)(H3,62,66,73,74,89)/t29-,30+,31+,32?,33?,34+,35+,45+,59-/m1/s1. The Kier molecular flexibility index (Phi) is 24.6. The number of benzene rings is 1. The molecule has 39 heteroatoms. The van der Waals surface area contributed by atoms with Gasteiger partial charge in [-0.1, -0.05) is 21.6 Å². The Hall–Kier alpha value is -9.99. The number of Topliss-reactive ketones (excluding diaryl/α,β-unsaturated/α-hetero) is 3. The Morgan fingerprint density at radius 2 is 1.45 bits per heavy atom. The second kappa shape index (κ2) is 31.9. The van der Waals surface area contributed by atoms with Gasteiger partial charge in [-0.05, 0) is 84.6 Å². The van der Waals surface area contributed by atoms with Crippen molar-refractivity contribution >= 4 is 121 Å². The summed E-state index contributed by atoms with van der Waals surface area (Å²) < 4.78 is 11.2. The number of anilines is 2. The number of piperazine rings is 1. The van der Waals surface area contributed by atoms with E-state index < -0.39 is 155 Å². The van der Waals surface area contributed by atoms with Crippen LogP contribution in [0.1, 0.15) is 95.6 Å². The van der Waals surface area contributed by atoms with Crippen molar-refractivity contribution in [3.05, 3.63) is 74.6 Å². The molecule has 1 aliphatic carbocycles. The molecular formula is C59H78N18O19S2. The molecule has 3 aliphatic heterocycles. The van der Waals surface area contributed by atoms with Crippen LogP contribution >= 0.6 is 21.6 Å². The minimum atomic E-state index is -1.97. The maximum absolute atomic E-state index is 14.4. The van der Waals surface area contributed by atoms with Crippen molar-refractivity contribution in [3.63, 3.8) is 0 Å². The molecule has 98 heavy (non-hydrogen) atoms. The second-order valence-corrected chi connectivity index (χ2v) is 27.1. The summed E-state index contributed by atoms with van der Waals surface area (Å²) in [4.78, 5) is 191. The summed E-state index contributed by atoms with van der Waals surface area (Å²) in [5.41, 5.74) is 18.8. The number of guanidine groups is 1. The molecule has 530 valence electrons. The summed E-state index contributed by atoms with van der Waals surface area (Å²) in [6.45, 7) is 7.63. The van der Waals surface area contributed by atoms with E-state index in [1.165, 1.54) is 69.1 Å². The first-order valence-corrected chi connectivity index (χ1v) is 33.0. The molecule has 5 heterocycles. The number of amides is 5. The molecular weight excluding hydrogens is 1330 g/mol. The zero-order valence-electron chi connectivity index (χ0n) is 54.0. The number of hydrogen-bond donors (Lipinski definition) is 17. The maximum Gasteiger partial charge on any atom is 0.404 e. The van der Waals surface area contributed by atoms with Crippen LogP contribution in [-0.4, -0.2) is 220 Å². The number of nitrogens with two attached hydrogens (primary N) is 4. The number of nitrogen functional groups attached to an aromatic ring is 1. The van der Waals surface area contributed by atoms with E-state index in [0.29, 0.717) is 30.1 Å². The number of hydrogen-bond acceptors (Lipinski definition) is 27. The normalized spacial score (nSPS) is 19.3. The van der Waals surface area contributed by atoms with Crippen molar-refractivity contribution in [2.45, 2.75) is 145 Å². The molecule has 21 N–H and O–H groups in total. The highest BCUT2D eigenvalue weighted by Crippen LogP contribution is 2.56. The third kappa shape index (κ3) is 18.6. The van der Waals surface area contributed by atoms with Crippen LogP contribution in [-0.2, 0) is 64.0 Å². The van der Waals surface area contributed by atoms with Gasteiger partial charge in [0.1, 0.15) is 30.8 Å². The van der Waals surface area contributed by atoms with Gasteiger partial charge in [0.15, 0.2) is 28.6 Å². The molecule has 5 amide bonds. The molecule has 3 aromatic rings. The van der Waals surface area contributed by atoms with Crippen molar-refractivity contribution in [1.29, 1.82) is 0 Å². The fraction of sp³-hybridized carbons (Fsp3) is 0.508. The van der Waals surface area contributed by atoms with Crippen LogP contribution in [0.15, 0.2) is 62.8 Å². The number of aliphatic imine (C=N–C) groups is 1. The zero-order chi connectivity index (χ0) is 72.3. The van der Waals surface area contributed by atoms with Gasteiger partial charge in [-0.3, -0.25) is 63.2 Å². The number of aliphatic carboxylic acids is 4. The number of ether oxygens (including phenoxy) is 2. The Labute approximate surface area is 565 Å². The van der Waals surface area contributed by atoms with Gasteiger partial charge in [-0.15, -0.1) is 0 Å². The van der Waals surface area contributed by atoms with Crippen LogP contribution in [0.25, 0.3) is 11.2 Å². The van der Waals surface area contributed by atoms with Crippen LogP contribution < -0.4 is 71.0 Å². The number of ketones is 3. The van der Waals surface area contributed by atoms with Gasteiger partial charge in [0.05, 0.1) is 66.2 Å². The van der Waals surface area contributed by atoms with Crippen LogP contribution in [0.5, 0.6) is 0 Å². The van der Waals surface area contributed by atoms with E-state index in [4.69, 9.17) is 32.4 Å². The SMILES string of the molecule is CO[C@@]12[C@H](COC(N)=O)C3=C(C(=O)C(C)=C(NC(C)(C)CCSSC[C@H](NC(=O)C(CC(=O)O)NC(=O)[C@H](CCCN=C(N)N)NC(=O)C(CC(=O)O)NC(C)(C)C(=O)CC[C@H](NC(=O)c4ccc(NCc5cnc6nc(N)[nH]c(=O)c6n5)cc4)C(=O)O)C(=O)O)C3=O)N1C[C@@H]1N[C@@H]12. The van der Waals surface area contributed by atoms with Crippen molar-refractivity contribution < 1.29 is 87.4 Å². The molecule has 2 unspecified atom stereocenters. The van der Waals surface area contributed by atoms with E-state index in [1.54, 1.807) is 18.7 Å². The second-order valence-electron chi connectivity index (χ2n) is 24.5. The average Bonchev–Trinajstić information content (AvgIpc) is 1.50. The lowest BCUT2D eigenvalue weighted by Crippen LogP contribution is -2.61. The number of allylic oxidation sites excluding steroid dienone is 2. The lowest BCUT2D eigenvalue weighted by molar-refractivity contribution is -0.143. The third-order valence-corrected chi connectivity index (χ3v) is 18.9. The number of methoxy groups -OCH3 is 1. The molecule has 0 bridgehead atoms. The number of fused-ring (bicyclic) bond motifs is 5. The summed E-state index contributed by atoms with van der Waals surface area (Å²) in [5.74, 6) is -13.6. The number of nitrogens with one attached hydrogen (secondary N) is 9. The first kappa shape index (κ1) is 75.4. The number of primary amides is 1. The quantitative estimate of drug-likeness (QED) is 0.00691. The van der Waals surface area contributed by atoms with Gasteiger partial charge in [0, 0.05) is 72.1 Å². The number of carboxylic acids is 4. The highest BCUT2D eigenvalue weighted by molar-refractivity contribution is 8.76. The van der Waals surface area contributed by atoms with Gasteiger partial charge in [0.2, 0.25) is 35.2 Å². The van der Waals surface area contributed by atoms with E-state index in [0.717, 1.165) is 10.8 Å². The highest BCUT2D eigenvalue weighted by Gasteiger charge is 2.73. The predicted molar refractivity (Wildman–Crippen MR) is 351 cm³/mol. The number of carbonyl (C=O) groups is 12. The molecule has 0 spiro atoms. The van der Waals surface area contributed by atoms with Crippen molar-refractivity contribution in [1.82, 2.24) is 62.1 Å². The number of carbonyl (C=O) groups excluding carboxylic acids is 8. The molecule has 37 nitrogen and oxygen atoms in total. The van der Waals surface area contributed by atoms with Crippen LogP contribution in [0, 0.1) is 5.92 Å². The number of rotatable bonds is 38. The van der Waals surface area contributed by atoms with Crippen LogP contribution in [0.2, 0.25) is 0 Å². The van der Waals surface area contributed by atoms with Crippen molar-refractivity contribution in [2.24, 2.45) is 28.1 Å². The third-order valence-electron chi connectivity index (χ3n) is 16.5. The van der Waals surface area contributed by atoms with Crippen LogP contribution in [0.4, 0.5) is 16.4 Å². The Morgan fingerprint density at radius 1 is 0.816 bits per heavy atom. The maximum atomic E-state index is 14.4. The lowest BCUT2D eigenvalue weighted by Gasteiger charge is -2.39. The summed E-state index contributed by atoms with van der Waals surface area (Å²) in [6, 6.07) is -3.22. The molecule has 4 aliphatic rings. The van der Waals surface area contributed by atoms with Gasteiger partial charge in [0.25, 0.3) is 11.5 Å². The smallest absolute Gasteiger partial charge is 0.404 e. The molecule has 2 aromatic heterocycles. The van der Waals surface area contributed by atoms with Gasteiger partial charge >= 0.3 is 30.0 Å². The van der Waals surface area contributed by atoms with E-state index in [-0.39, 0.29) is 102 Å². The molecule has 0 radical (unpaired) electrons. The monoisotopic (exact) mass is 1410 g/mol. The first-order chi connectivity index (χ1) is 46.1. The van der Waals surface area contributed by atoms with Crippen LogP contribution in [0.3, 0.4) is 0 Å². The molecule has 1 aromatic carbocycles. The molecule has 7 rings (SSSR count). The number of H-pyrrole nitrogens is 1. The van der Waals surface area contributed by atoms with E-state index in [9.17, 15) is 82.8 Å². The zero-order valence-corrected chi connectivity index (χ0v) is 55.6. The average molecular weight is 1410 g/mol. The van der Waals surface area contributed by atoms with Gasteiger partial charge < -0.3 is 95.0 Å². The number of aromatic amines is 1. The number of nitrogens with zero attached hydrogens (tertiary/aromatic N) is 5. The topological polar surface area (TPSA) is 602 Å². The van der Waals surface area contributed by atoms with E-state index in [1.807, 2.05) is 0 Å². The van der Waals surface area contributed by atoms with E-state index in [2.05, 4.69) is 67.5 Å². The predicted octanol–water partition coefficient (Wildman–Crippen LogP) is -2.74. The molecule has 9 atom stereocenters. The van der Waals surface area contributed by atoms with E-state index >= 15 is 0 Å². The number of carboxylic acid groups (broad SMARTS) is 4. The fourth-order valence-electron chi connectivity index (χ4n) is 11.4. The number of aromatic nitrogens is 4. The van der Waals surface area contributed by atoms with Crippen molar-refractivity contribution in [3.8, 4) is 0 Å². The fourth-order valence-corrected chi connectivity index (χ4v) is 13.9. The summed E-state index contributed by atoms with van der Waals surface area (Å²) in [5, 5.41) is 61.4. The molecule has 2 saturated heterocycles. The summed E-state index contributed by atoms with van der Waals surface area (Å²) in [6.07, 6.45) is -2.87. The molecule has 2 fully saturated rings. The van der Waals surface area contributed by atoms with Crippen molar-refractivity contribution in [2.75, 3.05) is 49.4 Å². The summed E-state index contributed by atoms with van der Waals surface area (Å²) >= 11 is 0. The Bertz CT molecular complexity index is 3820. The molecule has 0 saturated carbocycles. The Balaban J connectivity index is 0.924. The highest BCUT2D eigenvalue weighted by atomic mass is 33.1. The minimum Gasteiger partial charge on any atom is -0.481 e. The van der Waals surface area contributed by atoms with Gasteiger partial charge in [-0.2, -0.15) is 4.98 Å². The largest absolute Gasteiger partial charge is 0.481 e. The minimum absolute atomic E-state index is 0.0142.